The maximum atomic E-state index is 11.7. The number of hydrogen-bond donors (Lipinski definition) is 0. The van der Waals surface area contributed by atoms with Crippen LogP contribution in [0.5, 0.6) is 0 Å². The Bertz CT molecular complexity index is 433. The maximum Gasteiger partial charge on any atom is 0.335 e. The van der Waals surface area contributed by atoms with Crippen molar-refractivity contribution in [3.8, 4) is 0 Å². The van der Waals surface area contributed by atoms with Crippen molar-refractivity contribution in [1.82, 2.24) is 0 Å². The third-order valence-corrected chi connectivity index (χ3v) is 2.69. The Morgan fingerprint density at radius 2 is 2.62 bits per heavy atom. The Balaban J connectivity index is 2.22. The number of furan rings is 1. The van der Waals surface area contributed by atoms with Crippen LogP contribution < -0.4 is 0 Å². The van der Waals surface area contributed by atoms with Gasteiger partial charge in [0.25, 0.3) is 0 Å². The molecule has 1 aromatic rings. The van der Waals surface area contributed by atoms with Gasteiger partial charge >= 0.3 is 5.97 Å². The first-order chi connectivity index (χ1) is 7.74. The van der Waals surface area contributed by atoms with E-state index in [-0.39, 0.29) is 12.5 Å². The SMILES string of the molecule is CCOC(=O)C1(N=C=O)CC1c1ccco1. The number of carbonyl (C=O) groups is 1. The van der Waals surface area contributed by atoms with Gasteiger partial charge in [-0.2, -0.15) is 4.99 Å². The predicted molar refractivity (Wildman–Crippen MR) is 53.6 cm³/mol. The van der Waals surface area contributed by atoms with Crippen LogP contribution in [-0.2, 0) is 14.3 Å². The highest BCUT2D eigenvalue weighted by molar-refractivity contribution is 5.88. The maximum absolute atomic E-state index is 11.7. The van der Waals surface area contributed by atoms with Crippen LogP contribution in [0.4, 0.5) is 0 Å². The molecule has 1 aliphatic rings. The molecule has 0 aromatic carbocycles. The lowest BCUT2D eigenvalue weighted by atomic mass is 10.2. The van der Waals surface area contributed by atoms with Crippen LogP contribution >= 0.6 is 0 Å². The van der Waals surface area contributed by atoms with E-state index in [2.05, 4.69) is 4.99 Å². The summed E-state index contributed by atoms with van der Waals surface area (Å²) >= 11 is 0. The molecule has 2 rings (SSSR count). The summed E-state index contributed by atoms with van der Waals surface area (Å²) in [6.45, 7) is 1.97. The van der Waals surface area contributed by atoms with Gasteiger partial charge in [-0.15, -0.1) is 0 Å². The van der Waals surface area contributed by atoms with E-state index < -0.39 is 11.5 Å². The molecule has 1 aliphatic carbocycles. The van der Waals surface area contributed by atoms with Gasteiger partial charge < -0.3 is 9.15 Å². The molecule has 1 fully saturated rings. The normalized spacial score (nSPS) is 26.9. The van der Waals surface area contributed by atoms with Gasteiger partial charge in [0, 0.05) is 0 Å². The van der Waals surface area contributed by atoms with Crippen molar-refractivity contribution < 1.29 is 18.7 Å². The summed E-state index contributed by atoms with van der Waals surface area (Å²) in [5.74, 6) is -0.0465. The van der Waals surface area contributed by atoms with Crippen LogP contribution in [0.1, 0.15) is 25.0 Å². The topological polar surface area (TPSA) is 68.9 Å². The van der Waals surface area contributed by atoms with E-state index in [4.69, 9.17) is 9.15 Å². The van der Waals surface area contributed by atoms with Gasteiger partial charge in [0.15, 0.2) is 5.54 Å². The van der Waals surface area contributed by atoms with Crippen molar-refractivity contribution in [2.45, 2.75) is 24.8 Å². The van der Waals surface area contributed by atoms with Crippen LogP contribution in [0.2, 0.25) is 0 Å². The van der Waals surface area contributed by atoms with E-state index in [0.29, 0.717) is 12.2 Å². The summed E-state index contributed by atoms with van der Waals surface area (Å²) in [6, 6.07) is 3.49. The second-order valence-electron chi connectivity index (χ2n) is 3.62. The van der Waals surface area contributed by atoms with Crippen molar-refractivity contribution in [3.63, 3.8) is 0 Å². The van der Waals surface area contributed by atoms with Gasteiger partial charge in [0.2, 0.25) is 6.08 Å². The van der Waals surface area contributed by atoms with Gasteiger partial charge in [-0.1, -0.05) is 0 Å². The largest absolute Gasteiger partial charge is 0.469 e. The van der Waals surface area contributed by atoms with Crippen LogP contribution in [0.3, 0.4) is 0 Å². The lowest BCUT2D eigenvalue weighted by molar-refractivity contribution is -0.145. The van der Waals surface area contributed by atoms with Gasteiger partial charge in [-0.25, -0.2) is 9.59 Å². The van der Waals surface area contributed by atoms with Crippen LogP contribution in [0.15, 0.2) is 27.8 Å². The smallest absolute Gasteiger partial charge is 0.335 e. The molecule has 0 radical (unpaired) electrons. The number of carbonyl (C=O) groups excluding carboxylic acids is 2. The second kappa shape index (κ2) is 3.94. The molecule has 1 heterocycles. The van der Waals surface area contributed by atoms with E-state index in [1.165, 1.54) is 12.3 Å². The molecule has 0 bridgehead atoms. The van der Waals surface area contributed by atoms with E-state index in [0.717, 1.165) is 0 Å². The molecule has 1 aromatic heterocycles. The Labute approximate surface area is 92.1 Å². The fourth-order valence-corrected chi connectivity index (χ4v) is 1.81. The Kier molecular flexibility index (Phi) is 2.62. The third kappa shape index (κ3) is 1.55. The van der Waals surface area contributed by atoms with Crippen molar-refractivity contribution in [2.75, 3.05) is 6.61 Å². The monoisotopic (exact) mass is 221 g/mol. The minimum absolute atomic E-state index is 0.206. The average Bonchev–Trinajstić information content (AvgIpc) is 2.77. The first-order valence-electron chi connectivity index (χ1n) is 5.04. The number of nitrogens with zero attached hydrogens (tertiary/aromatic N) is 1. The number of aliphatic imine (C=N–C) groups is 1. The fraction of sp³-hybridized carbons (Fsp3) is 0.455. The van der Waals surface area contributed by atoms with Gasteiger partial charge in [-0.05, 0) is 25.5 Å². The predicted octanol–water partition coefficient (Wildman–Crippen LogP) is 1.40. The molecule has 84 valence electrons. The van der Waals surface area contributed by atoms with Crippen molar-refractivity contribution >= 4 is 12.0 Å². The van der Waals surface area contributed by atoms with Crippen LogP contribution in [0.25, 0.3) is 0 Å². The molecule has 2 unspecified atom stereocenters. The standard InChI is InChI=1S/C11H11NO4/c1-2-15-10(14)11(12-7-13)6-8(11)9-4-3-5-16-9/h3-5,8H,2,6H2,1H3. The summed E-state index contributed by atoms with van der Waals surface area (Å²) in [5.41, 5.74) is -1.10. The second-order valence-corrected chi connectivity index (χ2v) is 3.62. The number of esters is 1. The molecule has 0 saturated heterocycles. The zero-order valence-corrected chi connectivity index (χ0v) is 8.80. The third-order valence-electron chi connectivity index (χ3n) is 2.69. The summed E-state index contributed by atoms with van der Waals surface area (Å²) in [4.78, 5) is 25.6. The molecule has 16 heavy (non-hydrogen) atoms. The molecule has 5 nitrogen and oxygen atoms in total. The Hall–Kier alpha value is -1.87. The highest BCUT2D eigenvalue weighted by atomic mass is 16.5. The quantitative estimate of drug-likeness (QED) is 0.438. The number of isocyanates is 1. The van der Waals surface area contributed by atoms with Crippen molar-refractivity contribution in [3.05, 3.63) is 24.2 Å². The molecule has 0 spiro atoms. The minimum Gasteiger partial charge on any atom is -0.469 e. The molecule has 2 atom stereocenters. The summed E-state index contributed by atoms with van der Waals surface area (Å²) in [7, 11) is 0. The molecule has 0 N–H and O–H groups in total. The number of rotatable bonds is 4. The van der Waals surface area contributed by atoms with E-state index in [1.807, 2.05) is 0 Å². The molecule has 0 aliphatic heterocycles. The summed E-state index contributed by atoms with van der Waals surface area (Å²) in [6.07, 6.45) is 3.40. The summed E-state index contributed by atoms with van der Waals surface area (Å²) < 4.78 is 10.1. The lowest BCUT2D eigenvalue weighted by Crippen LogP contribution is -2.25. The van der Waals surface area contributed by atoms with E-state index in [1.54, 1.807) is 19.1 Å². The minimum atomic E-state index is -1.10. The highest BCUT2D eigenvalue weighted by Gasteiger charge is 2.64. The first kappa shape index (κ1) is 10.6. The van der Waals surface area contributed by atoms with E-state index >= 15 is 0 Å². The molecule has 0 amide bonds. The zero-order valence-electron chi connectivity index (χ0n) is 8.80. The molecular formula is C11H11NO4. The number of hydrogen-bond acceptors (Lipinski definition) is 5. The number of ether oxygens (including phenoxy) is 1. The van der Waals surface area contributed by atoms with Gasteiger partial charge in [-0.3, -0.25) is 0 Å². The fourth-order valence-electron chi connectivity index (χ4n) is 1.81. The summed E-state index contributed by atoms with van der Waals surface area (Å²) in [5, 5.41) is 0. The van der Waals surface area contributed by atoms with E-state index in [9.17, 15) is 9.59 Å². The van der Waals surface area contributed by atoms with Crippen LogP contribution in [-0.4, -0.2) is 24.2 Å². The van der Waals surface area contributed by atoms with Crippen molar-refractivity contribution in [2.24, 2.45) is 4.99 Å². The zero-order chi connectivity index (χ0) is 11.6. The first-order valence-corrected chi connectivity index (χ1v) is 5.04. The highest BCUT2D eigenvalue weighted by Crippen LogP contribution is 2.55. The van der Waals surface area contributed by atoms with Crippen LogP contribution in [0, 0.1) is 0 Å². The molecule has 5 heteroatoms. The lowest BCUT2D eigenvalue weighted by Gasteiger charge is -2.07. The molecule has 1 saturated carbocycles. The van der Waals surface area contributed by atoms with Crippen molar-refractivity contribution in [1.29, 1.82) is 0 Å². The Morgan fingerprint density at radius 3 is 3.19 bits per heavy atom. The molecular weight excluding hydrogens is 210 g/mol. The average molecular weight is 221 g/mol. The Morgan fingerprint density at radius 1 is 1.81 bits per heavy atom. The van der Waals surface area contributed by atoms with Gasteiger partial charge in [0.05, 0.1) is 18.8 Å². The van der Waals surface area contributed by atoms with Gasteiger partial charge in [0.1, 0.15) is 5.76 Å².